The second kappa shape index (κ2) is 19.9. The van der Waals surface area contributed by atoms with Crippen LogP contribution in [-0.2, 0) is 38.5 Å². The molecule has 0 aliphatic carbocycles. The lowest BCUT2D eigenvalue weighted by Gasteiger charge is -2.05. The molecule has 0 spiro atoms. The fourth-order valence-corrected chi connectivity index (χ4v) is 17.8. The standard InChI is InChI=1S/C56H50S8/c1-5-37-29-31-57-53(37)47-25-21-43(59-47)45-23-27-49(61-45)55-39(7-3)33-51(63-55)41-17-13-35(14-18-41)11-9-10-12-36-15-19-42(20-16-36)52-34-40(8-4)56(64-52)50-28-24-46(62-50)44-22-26-48(60-44)54-38(6-2)30-32-58-54/h13-34H,5-12H2,1-4H3. The molecular formula is C56H50S8. The summed E-state index contributed by atoms with van der Waals surface area (Å²) in [6.07, 6.45) is 8.88. The summed E-state index contributed by atoms with van der Waals surface area (Å²) in [5.74, 6) is 0. The first-order valence-electron chi connectivity index (χ1n) is 22.5. The van der Waals surface area contributed by atoms with Gasteiger partial charge in [0.1, 0.15) is 0 Å². The summed E-state index contributed by atoms with van der Waals surface area (Å²) in [5, 5.41) is 4.45. The van der Waals surface area contributed by atoms with Gasteiger partial charge in [-0.3, -0.25) is 0 Å². The van der Waals surface area contributed by atoms with Gasteiger partial charge in [-0.05, 0) is 179 Å². The van der Waals surface area contributed by atoms with Crippen molar-refractivity contribution in [2.45, 2.75) is 79.1 Å². The predicted octanol–water partition coefficient (Wildman–Crippen LogP) is 20.3. The number of hydrogen-bond donors (Lipinski definition) is 0. The van der Waals surface area contributed by atoms with Crippen LogP contribution in [0.5, 0.6) is 0 Å². The molecule has 8 heterocycles. The Morgan fingerprint density at radius 1 is 0.297 bits per heavy atom. The summed E-state index contributed by atoms with van der Waals surface area (Å²) in [5.41, 5.74) is 11.3. The molecule has 0 radical (unpaired) electrons. The zero-order chi connectivity index (χ0) is 43.6. The molecule has 0 nitrogen and oxygen atoms in total. The number of unbranched alkanes of at least 4 members (excludes halogenated alkanes) is 1. The average Bonchev–Trinajstić information content (AvgIpc) is 4.19. The van der Waals surface area contributed by atoms with Crippen molar-refractivity contribution in [2.75, 3.05) is 0 Å². The number of benzene rings is 2. The summed E-state index contributed by atoms with van der Waals surface area (Å²) in [4.78, 5) is 19.5. The molecule has 0 unspecified atom stereocenters. The highest BCUT2D eigenvalue weighted by Crippen LogP contribution is 2.48. The van der Waals surface area contributed by atoms with Crippen LogP contribution < -0.4 is 0 Å². The molecule has 0 fully saturated rings. The van der Waals surface area contributed by atoms with Crippen molar-refractivity contribution in [3.8, 4) is 79.4 Å². The van der Waals surface area contributed by atoms with E-state index in [0.717, 1.165) is 38.5 Å². The van der Waals surface area contributed by atoms with Crippen LogP contribution in [0.3, 0.4) is 0 Å². The SMILES string of the molecule is CCc1ccsc1-c1ccc(-c2ccc(-c3sc(-c4ccc(CCCCc5ccc(-c6cc(CC)c(-c7ccc(-c8ccc(-c9sccc9CC)s8)s7)s6)cc5)cc4)cc3CC)s2)s1. The number of thiophene rings is 8. The van der Waals surface area contributed by atoms with Gasteiger partial charge >= 0.3 is 0 Å². The molecule has 2 aromatic carbocycles. The molecule has 0 aliphatic rings. The fraction of sp³-hybridized carbons (Fsp3) is 0.214. The van der Waals surface area contributed by atoms with Crippen LogP contribution in [-0.4, -0.2) is 0 Å². The predicted molar refractivity (Wildman–Crippen MR) is 294 cm³/mol. The normalized spacial score (nSPS) is 11.6. The molecule has 8 aromatic heterocycles. The Kier molecular flexibility index (Phi) is 13.6. The van der Waals surface area contributed by atoms with E-state index >= 15 is 0 Å². The second-order valence-corrected chi connectivity index (χ2v) is 24.4. The highest BCUT2D eigenvalue weighted by molar-refractivity contribution is 7.30. The van der Waals surface area contributed by atoms with Gasteiger partial charge in [-0.25, -0.2) is 0 Å². The highest BCUT2D eigenvalue weighted by atomic mass is 32.1. The molecule has 0 N–H and O–H groups in total. The van der Waals surface area contributed by atoms with Crippen LogP contribution >= 0.6 is 90.7 Å². The Balaban J connectivity index is 0.733. The van der Waals surface area contributed by atoms with Gasteiger partial charge in [0.25, 0.3) is 0 Å². The molecule has 322 valence electrons. The third-order valence-electron chi connectivity index (χ3n) is 12.1. The quantitative estimate of drug-likeness (QED) is 0.0798. The molecule has 0 saturated carbocycles. The highest BCUT2D eigenvalue weighted by Gasteiger charge is 2.18. The van der Waals surface area contributed by atoms with Crippen molar-refractivity contribution in [1.29, 1.82) is 0 Å². The van der Waals surface area contributed by atoms with E-state index in [1.54, 1.807) is 0 Å². The van der Waals surface area contributed by atoms with E-state index in [1.165, 1.54) is 126 Å². The van der Waals surface area contributed by atoms with Crippen LogP contribution in [0.4, 0.5) is 0 Å². The Hall–Kier alpha value is -3.96. The summed E-state index contributed by atoms with van der Waals surface area (Å²) in [7, 11) is 0. The summed E-state index contributed by atoms with van der Waals surface area (Å²) < 4.78 is 0. The first-order chi connectivity index (χ1) is 31.5. The minimum atomic E-state index is 1.04. The van der Waals surface area contributed by atoms with E-state index in [-0.39, 0.29) is 0 Å². The number of rotatable bonds is 17. The molecule has 10 aromatic rings. The van der Waals surface area contributed by atoms with Crippen molar-refractivity contribution in [3.63, 3.8) is 0 Å². The molecule has 0 bridgehead atoms. The maximum Gasteiger partial charge on any atom is 0.0481 e. The van der Waals surface area contributed by atoms with Gasteiger partial charge in [0.2, 0.25) is 0 Å². The van der Waals surface area contributed by atoms with E-state index in [4.69, 9.17) is 0 Å². The maximum absolute atomic E-state index is 2.43. The monoisotopic (exact) mass is 978 g/mol. The molecule has 0 saturated heterocycles. The lowest BCUT2D eigenvalue weighted by Crippen LogP contribution is -1.90. The first-order valence-corrected chi connectivity index (χ1v) is 29.1. The molecule has 64 heavy (non-hydrogen) atoms. The smallest absolute Gasteiger partial charge is 0.0481 e. The zero-order valence-corrected chi connectivity index (χ0v) is 43.2. The number of hydrogen-bond acceptors (Lipinski definition) is 8. The fourth-order valence-electron chi connectivity index (χ4n) is 8.44. The van der Waals surface area contributed by atoms with Crippen LogP contribution in [0.25, 0.3) is 79.4 Å². The van der Waals surface area contributed by atoms with E-state index in [0.29, 0.717) is 0 Å². The molecule has 8 heteroatoms. The third-order valence-corrected chi connectivity index (χ3v) is 21.9. The largest absolute Gasteiger partial charge is 0.143 e. The Morgan fingerprint density at radius 3 is 0.969 bits per heavy atom. The topological polar surface area (TPSA) is 0 Å². The van der Waals surface area contributed by atoms with Crippen LogP contribution in [0.15, 0.2) is 132 Å². The van der Waals surface area contributed by atoms with Gasteiger partial charge in [0.15, 0.2) is 0 Å². The molecule has 0 amide bonds. The molecule has 10 rings (SSSR count). The molecule has 0 atom stereocenters. The van der Waals surface area contributed by atoms with Gasteiger partial charge in [-0.2, -0.15) is 0 Å². The maximum atomic E-state index is 2.43. The lowest BCUT2D eigenvalue weighted by molar-refractivity contribution is 0.734. The molecule has 0 aliphatic heterocycles. The molecular weight excluding hydrogens is 929 g/mol. The van der Waals surface area contributed by atoms with Crippen molar-refractivity contribution in [3.05, 3.63) is 165 Å². The van der Waals surface area contributed by atoms with Crippen LogP contribution in [0.2, 0.25) is 0 Å². The van der Waals surface area contributed by atoms with Crippen molar-refractivity contribution in [2.24, 2.45) is 0 Å². The van der Waals surface area contributed by atoms with Crippen LogP contribution in [0, 0.1) is 0 Å². The Morgan fingerprint density at radius 2 is 0.625 bits per heavy atom. The Labute approximate surface area is 410 Å². The van der Waals surface area contributed by atoms with E-state index in [2.05, 4.69) is 160 Å². The number of aryl methyl sites for hydroxylation is 6. The first kappa shape index (κ1) is 43.9. The Bertz CT molecular complexity index is 2890. The summed E-state index contributed by atoms with van der Waals surface area (Å²) >= 11 is 15.4. The summed E-state index contributed by atoms with van der Waals surface area (Å²) in [6.45, 7) is 9.08. The van der Waals surface area contributed by atoms with Gasteiger partial charge in [-0.1, -0.05) is 76.2 Å². The van der Waals surface area contributed by atoms with Gasteiger partial charge in [-0.15, -0.1) is 90.7 Å². The van der Waals surface area contributed by atoms with E-state index < -0.39 is 0 Å². The summed E-state index contributed by atoms with van der Waals surface area (Å²) in [6, 6.07) is 46.8. The minimum absolute atomic E-state index is 1.04. The lowest BCUT2D eigenvalue weighted by atomic mass is 10.0. The van der Waals surface area contributed by atoms with Gasteiger partial charge in [0.05, 0.1) is 0 Å². The van der Waals surface area contributed by atoms with Gasteiger partial charge < -0.3 is 0 Å². The van der Waals surface area contributed by atoms with Crippen molar-refractivity contribution >= 4 is 90.7 Å². The zero-order valence-electron chi connectivity index (χ0n) is 36.6. The van der Waals surface area contributed by atoms with Crippen LogP contribution in [0.1, 0.15) is 73.9 Å². The average molecular weight is 980 g/mol. The van der Waals surface area contributed by atoms with Gasteiger partial charge in [0, 0.05) is 68.3 Å². The van der Waals surface area contributed by atoms with E-state index in [1.807, 2.05) is 90.7 Å². The minimum Gasteiger partial charge on any atom is -0.143 e. The van der Waals surface area contributed by atoms with Crippen molar-refractivity contribution in [1.82, 2.24) is 0 Å². The second-order valence-electron chi connectivity index (χ2n) is 16.2. The third kappa shape index (κ3) is 9.23. The van der Waals surface area contributed by atoms with E-state index in [9.17, 15) is 0 Å². The van der Waals surface area contributed by atoms with Crippen molar-refractivity contribution < 1.29 is 0 Å².